The maximum absolute atomic E-state index is 12.1. The number of carbonyl (C=O) groups excluding carboxylic acids is 1. The number of methoxy groups -OCH3 is 1. The number of benzene rings is 1. The SMILES string of the molecule is COC(=O)c1c(C)c2c(c(Cl)c1Br)OC(C)(C1CCC(N)CC1)O2. The number of hydrogen-bond donors (Lipinski definition) is 1. The van der Waals surface area contributed by atoms with Gasteiger partial charge in [0, 0.05) is 24.4 Å². The third-order valence-electron chi connectivity index (χ3n) is 5.05. The normalized spacial score (nSPS) is 28.8. The van der Waals surface area contributed by atoms with Crippen molar-refractivity contribution in [1.29, 1.82) is 0 Å². The predicted molar refractivity (Wildman–Crippen MR) is 94.8 cm³/mol. The summed E-state index contributed by atoms with van der Waals surface area (Å²) >= 11 is 9.81. The summed E-state index contributed by atoms with van der Waals surface area (Å²) < 4.78 is 17.7. The number of rotatable bonds is 2. The molecule has 2 aliphatic rings. The Labute approximate surface area is 154 Å². The highest BCUT2D eigenvalue weighted by Gasteiger charge is 2.47. The van der Waals surface area contributed by atoms with E-state index in [1.165, 1.54) is 7.11 Å². The van der Waals surface area contributed by atoms with Crippen LogP contribution in [0.3, 0.4) is 0 Å². The zero-order valence-electron chi connectivity index (χ0n) is 13.9. The summed E-state index contributed by atoms with van der Waals surface area (Å²) in [5.74, 6) is -0.0529. The van der Waals surface area contributed by atoms with Crippen molar-refractivity contribution in [3.63, 3.8) is 0 Å². The van der Waals surface area contributed by atoms with Gasteiger partial charge in [0.2, 0.25) is 0 Å². The van der Waals surface area contributed by atoms with Gasteiger partial charge in [-0.1, -0.05) is 11.6 Å². The van der Waals surface area contributed by atoms with Crippen LogP contribution in [0.25, 0.3) is 0 Å². The second kappa shape index (κ2) is 6.39. The fourth-order valence-corrected chi connectivity index (χ4v) is 4.41. The van der Waals surface area contributed by atoms with Gasteiger partial charge in [0.1, 0.15) is 5.02 Å². The second-order valence-electron chi connectivity index (χ2n) is 6.61. The molecule has 3 rings (SSSR count). The Balaban J connectivity index is 1.99. The Hall–Kier alpha value is -0.980. The molecule has 0 bridgehead atoms. The highest BCUT2D eigenvalue weighted by Crippen LogP contribution is 2.54. The van der Waals surface area contributed by atoms with E-state index in [2.05, 4.69) is 15.9 Å². The molecule has 1 heterocycles. The molecule has 1 aromatic rings. The van der Waals surface area contributed by atoms with E-state index in [0.717, 1.165) is 25.7 Å². The van der Waals surface area contributed by atoms with Gasteiger partial charge in [-0.05, 0) is 48.5 Å². The van der Waals surface area contributed by atoms with Crippen LogP contribution < -0.4 is 15.2 Å². The first kappa shape index (κ1) is 17.8. The highest BCUT2D eigenvalue weighted by atomic mass is 79.9. The van der Waals surface area contributed by atoms with Crippen LogP contribution in [-0.4, -0.2) is 24.9 Å². The van der Waals surface area contributed by atoms with Crippen molar-refractivity contribution < 1.29 is 19.0 Å². The van der Waals surface area contributed by atoms with E-state index in [1.807, 2.05) is 6.92 Å². The Morgan fingerprint density at radius 3 is 2.46 bits per heavy atom. The van der Waals surface area contributed by atoms with Crippen molar-refractivity contribution in [1.82, 2.24) is 0 Å². The van der Waals surface area contributed by atoms with Gasteiger partial charge in [-0.3, -0.25) is 0 Å². The number of fused-ring (bicyclic) bond motifs is 1. The maximum Gasteiger partial charge on any atom is 0.339 e. The van der Waals surface area contributed by atoms with Gasteiger partial charge in [0.05, 0.1) is 17.1 Å². The number of hydrogen-bond acceptors (Lipinski definition) is 5. The largest absolute Gasteiger partial charge is 0.465 e. The van der Waals surface area contributed by atoms with E-state index in [1.54, 1.807) is 6.92 Å². The topological polar surface area (TPSA) is 70.8 Å². The molecule has 0 radical (unpaired) electrons. The average molecular weight is 419 g/mol. The van der Waals surface area contributed by atoms with Gasteiger partial charge in [-0.15, -0.1) is 0 Å². The minimum absolute atomic E-state index is 0.223. The minimum Gasteiger partial charge on any atom is -0.465 e. The summed E-state index contributed by atoms with van der Waals surface area (Å²) in [6, 6.07) is 0.249. The lowest BCUT2D eigenvalue weighted by Gasteiger charge is -2.36. The number of ether oxygens (including phenoxy) is 3. The predicted octanol–water partition coefficient (Wildman–Crippen LogP) is 4.20. The first-order chi connectivity index (χ1) is 11.3. The molecule has 5 nitrogen and oxygen atoms in total. The van der Waals surface area contributed by atoms with Gasteiger partial charge in [0.15, 0.2) is 11.5 Å². The maximum atomic E-state index is 12.1. The first-order valence-electron chi connectivity index (χ1n) is 8.02. The molecule has 1 aromatic carbocycles. The monoisotopic (exact) mass is 417 g/mol. The number of esters is 1. The lowest BCUT2D eigenvalue weighted by Crippen LogP contribution is -2.46. The Kier molecular flexibility index (Phi) is 4.75. The Morgan fingerprint density at radius 1 is 1.29 bits per heavy atom. The van der Waals surface area contributed by atoms with Crippen molar-refractivity contribution in [3.8, 4) is 11.5 Å². The van der Waals surface area contributed by atoms with E-state index >= 15 is 0 Å². The van der Waals surface area contributed by atoms with Gasteiger partial charge < -0.3 is 19.9 Å². The van der Waals surface area contributed by atoms with E-state index in [9.17, 15) is 4.79 Å². The lowest BCUT2D eigenvalue weighted by molar-refractivity contribution is -0.120. The van der Waals surface area contributed by atoms with Crippen LogP contribution in [0.2, 0.25) is 5.02 Å². The molecule has 0 aromatic heterocycles. The molecule has 7 heteroatoms. The molecule has 0 spiro atoms. The minimum atomic E-state index is -0.801. The second-order valence-corrected chi connectivity index (χ2v) is 7.78. The zero-order chi connectivity index (χ0) is 17.6. The molecule has 2 N–H and O–H groups in total. The van der Waals surface area contributed by atoms with Gasteiger partial charge in [-0.25, -0.2) is 4.79 Å². The molecule has 1 fully saturated rings. The summed E-state index contributed by atoms with van der Waals surface area (Å²) in [5, 5.41) is 0.326. The fraction of sp³-hybridized carbons (Fsp3) is 0.588. The van der Waals surface area contributed by atoms with Crippen molar-refractivity contribution in [2.45, 2.75) is 51.4 Å². The van der Waals surface area contributed by atoms with E-state index < -0.39 is 11.8 Å². The van der Waals surface area contributed by atoms with Crippen LogP contribution in [0, 0.1) is 12.8 Å². The number of nitrogens with two attached hydrogens (primary N) is 1. The van der Waals surface area contributed by atoms with Gasteiger partial charge in [-0.2, -0.15) is 0 Å². The highest BCUT2D eigenvalue weighted by molar-refractivity contribution is 9.10. The quantitative estimate of drug-likeness (QED) is 0.729. The molecule has 0 amide bonds. The van der Waals surface area contributed by atoms with Gasteiger partial charge in [0.25, 0.3) is 5.79 Å². The van der Waals surface area contributed by atoms with Crippen LogP contribution in [-0.2, 0) is 4.74 Å². The van der Waals surface area contributed by atoms with E-state index in [4.69, 9.17) is 31.5 Å². The van der Waals surface area contributed by atoms with Crippen LogP contribution >= 0.6 is 27.5 Å². The van der Waals surface area contributed by atoms with Crippen LogP contribution in [0.15, 0.2) is 4.47 Å². The smallest absolute Gasteiger partial charge is 0.339 e. The van der Waals surface area contributed by atoms with Crippen molar-refractivity contribution in [3.05, 3.63) is 20.6 Å². The van der Waals surface area contributed by atoms with Crippen molar-refractivity contribution in [2.75, 3.05) is 7.11 Å². The molecule has 0 saturated heterocycles. The number of halogens is 2. The molecule has 132 valence electrons. The Morgan fingerprint density at radius 2 is 1.88 bits per heavy atom. The Bertz CT molecular complexity index is 688. The van der Waals surface area contributed by atoms with Crippen molar-refractivity contribution >= 4 is 33.5 Å². The summed E-state index contributed by atoms with van der Waals surface area (Å²) in [4.78, 5) is 12.1. The molecule has 1 atom stereocenters. The standard InChI is InChI=1S/C17H21BrClNO4/c1-8-11(16(21)22-3)12(18)13(19)15-14(8)23-17(2,24-15)9-4-6-10(20)7-5-9/h9-10H,4-7,20H2,1-3H3. The van der Waals surface area contributed by atoms with Crippen LogP contribution in [0.1, 0.15) is 48.5 Å². The molecule has 1 aliphatic carbocycles. The third-order valence-corrected chi connectivity index (χ3v) is 6.43. The lowest BCUT2D eigenvalue weighted by atomic mass is 9.81. The first-order valence-corrected chi connectivity index (χ1v) is 9.19. The summed E-state index contributed by atoms with van der Waals surface area (Å²) in [7, 11) is 1.34. The molecule has 1 saturated carbocycles. The summed E-state index contributed by atoms with van der Waals surface area (Å²) in [6.45, 7) is 3.73. The molecule has 1 aliphatic heterocycles. The molecule has 24 heavy (non-hydrogen) atoms. The van der Waals surface area contributed by atoms with Crippen LogP contribution in [0.4, 0.5) is 0 Å². The van der Waals surface area contributed by atoms with E-state index in [-0.39, 0.29) is 12.0 Å². The average Bonchev–Trinajstić information content (AvgIpc) is 2.93. The third kappa shape index (κ3) is 2.78. The number of carbonyl (C=O) groups is 1. The molecular formula is C17H21BrClNO4. The van der Waals surface area contributed by atoms with Crippen LogP contribution in [0.5, 0.6) is 11.5 Å². The summed E-state index contributed by atoms with van der Waals surface area (Å²) in [6.07, 6.45) is 3.78. The zero-order valence-corrected chi connectivity index (χ0v) is 16.3. The molecule has 1 unspecified atom stereocenters. The van der Waals surface area contributed by atoms with Gasteiger partial charge >= 0.3 is 5.97 Å². The summed E-state index contributed by atoms with van der Waals surface area (Å²) in [5.41, 5.74) is 7.02. The van der Waals surface area contributed by atoms with Crippen molar-refractivity contribution in [2.24, 2.45) is 11.7 Å². The molecular weight excluding hydrogens is 398 g/mol. The van der Waals surface area contributed by atoms with E-state index in [0.29, 0.717) is 32.1 Å². The fourth-order valence-electron chi connectivity index (χ4n) is 3.55.